The van der Waals surface area contributed by atoms with Crippen molar-refractivity contribution in [1.82, 2.24) is 0 Å². The lowest BCUT2D eigenvalue weighted by atomic mass is 9.56. The van der Waals surface area contributed by atoms with Gasteiger partial charge in [-0.2, -0.15) is 0 Å². The van der Waals surface area contributed by atoms with Gasteiger partial charge >= 0.3 is 0 Å². The molecule has 0 N–H and O–H groups in total. The molecule has 0 unspecified atom stereocenters. The lowest BCUT2D eigenvalue weighted by molar-refractivity contribution is 0.303. The number of benzene rings is 3. The highest BCUT2D eigenvalue weighted by Crippen LogP contribution is 2.68. The van der Waals surface area contributed by atoms with E-state index in [2.05, 4.69) is 36.4 Å². The lowest BCUT2D eigenvalue weighted by Crippen LogP contribution is -2.52. The summed E-state index contributed by atoms with van der Waals surface area (Å²) in [5.74, 6) is -0.618. The van der Waals surface area contributed by atoms with Crippen LogP contribution in [0.5, 0.6) is 0 Å². The van der Waals surface area contributed by atoms with E-state index in [-0.39, 0.29) is 5.92 Å². The van der Waals surface area contributed by atoms with Crippen LogP contribution in [0.25, 0.3) is 5.03 Å². The van der Waals surface area contributed by atoms with Crippen molar-refractivity contribution in [3.63, 3.8) is 0 Å². The van der Waals surface area contributed by atoms with E-state index in [0.717, 1.165) is 33.4 Å². The summed E-state index contributed by atoms with van der Waals surface area (Å²) in [5, 5.41) is 1.23. The fraction of sp³-hybridized carbons (Fsp3) is 0.133. The summed E-state index contributed by atoms with van der Waals surface area (Å²) in [5.41, 5.74) is 5.51. The van der Waals surface area contributed by atoms with Gasteiger partial charge in [-0.1, -0.05) is 132 Å². The summed E-state index contributed by atoms with van der Waals surface area (Å²) in [6.07, 6.45) is 8.20. The quantitative estimate of drug-likeness (QED) is 0.295. The van der Waals surface area contributed by atoms with Crippen molar-refractivity contribution in [2.45, 2.75) is 9.75 Å². The lowest BCUT2D eigenvalue weighted by Gasteiger charge is -2.55. The summed E-state index contributed by atoms with van der Waals surface area (Å²) in [4.78, 5) is -1.93. The average molecular weight is 522 g/mol. The molecule has 0 radical (unpaired) electrons. The molecular weight excluding hydrogens is 502 g/mol. The fourth-order valence-corrected chi connectivity index (χ4v) is 7.85. The molecule has 6 rings (SSSR count). The van der Waals surface area contributed by atoms with Crippen LogP contribution in [0.2, 0.25) is 0 Å². The highest BCUT2D eigenvalue weighted by atomic mass is 35.5. The van der Waals surface area contributed by atoms with Gasteiger partial charge in [0, 0.05) is 16.9 Å². The Hall–Kier alpha value is -2.22. The minimum atomic E-state index is -0.996. The zero-order valence-electron chi connectivity index (χ0n) is 18.1. The molecule has 0 saturated carbocycles. The van der Waals surface area contributed by atoms with Gasteiger partial charge in [-0.05, 0) is 33.4 Å². The smallest absolute Gasteiger partial charge is 0.104 e. The molecule has 0 bridgehead atoms. The monoisotopic (exact) mass is 520 g/mol. The molecule has 4 heteroatoms. The van der Waals surface area contributed by atoms with Crippen LogP contribution in [-0.4, -0.2) is 0 Å². The molecule has 0 amide bonds. The van der Waals surface area contributed by atoms with Gasteiger partial charge in [0.05, 0.1) is 9.91 Å². The topological polar surface area (TPSA) is 0 Å². The number of alkyl halides is 2. The number of hydrogen-bond donors (Lipinski definition) is 0. The van der Waals surface area contributed by atoms with Crippen LogP contribution in [0.1, 0.15) is 22.3 Å². The molecule has 0 spiro atoms. The number of allylic oxidation sites excluding steroid dienone is 7. The average Bonchev–Trinajstić information content (AvgIpc) is 2.90. The molecule has 3 aliphatic rings. The van der Waals surface area contributed by atoms with Crippen molar-refractivity contribution in [3.8, 4) is 0 Å². The molecular formula is C30H20Cl4. The Balaban J connectivity index is 1.79. The minimum absolute atomic E-state index is 0.181. The molecule has 0 heterocycles. The van der Waals surface area contributed by atoms with Crippen LogP contribution >= 0.6 is 46.4 Å². The predicted octanol–water partition coefficient (Wildman–Crippen LogP) is 9.13. The highest BCUT2D eigenvalue weighted by Gasteiger charge is 2.62. The second-order valence-electron chi connectivity index (χ2n) is 8.91. The molecule has 34 heavy (non-hydrogen) atoms. The van der Waals surface area contributed by atoms with Gasteiger partial charge in [0.2, 0.25) is 0 Å². The summed E-state index contributed by atoms with van der Waals surface area (Å²) in [7, 11) is 0. The molecule has 3 aromatic carbocycles. The van der Waals surface area contributed by atoms with Crippen LogP contribution in [-0.2, 0) is 9.75 Å². The van der Waals surface area contributed by atoms with Gasteiger partial charge < -0.3 is 0 Å². The van der Waals surface area contributed by atoms with E-state index in [9.17, 15) is 0 Å². The van der Waals surface area contributed by atoms with Crippen molar-refractivity contribution >= 4 is 51.4 Å². The molecule has 3 aromatic rings. The normalized spacial score (nSPS) is 29.5. The Morgan fingerprint density at radius 2 is 1.26 bits per heavy atom. The van der Waals surface area contributed by atoms with Crippen molar-refractivity contribution in [2.75, 3.05) is 0 Å². The van der Waals surface area contributed by atoms with Gasteiger partial charge in [-0.3, -0.25) is 0 Å². The summed E-state index contributed by atoms with van der Waals surface area (Å²) >= 11 is 30.2. The molecule has 0 fully saturated rings. The first-order valence-corrected chi connectivity index (χ1v) is 12.7. The zero-order chi connectivity index (χ0) is 23.5. The third-order valence-corrected chi connectivity index (χ3v) is 9.42. The third kappa shape index (κ3) is 2.93. The molecule has 3 aliphatic carbocycles. The minimum Gasteiger partial charge on any atom is -0.112 e. The molecule has 168 valence electrons. The standard InChI is InChI=1S/C30H20Cl4/c31-26-21-15-7-9-17-23(21)29(33,19-11-3-1-4-12-19)28-25(26)27(32)22-16-8-10-18-24(22)30(28,34)20-13-5-2-6-14-20/h1-18,23,28H/t23-,28-,29+,30+/m1/s1. The number of hydrogen-bond acceptors (Lipinski definition) is 0. The van der Waals surface area contributed by atoms with Gasteiger partial charge in [-0.25, -0.2) is 0 Å². The Bertz CT molecular complexity index is 1400. The summed E-state index contributed by atoms with van der Waals surface area (Å²) < 4.78 is 0. The van der Waals surface area contributed by atoms with Gasteiger partial charge in [-0.15, -0.1) is 23.2 Å². The van der Waals surface area contributed by atoms with E-state index >= 15 is 0 Å². The highest BCUT2D eigenvalue weighted by molar-refractivity contribution is 6.52. The first-order chi connectivity index (χ1) is 16.5. The molecule has 0 saturated heterocycles. The Morgan fingerprint density at radius 1 is 0.647 bits per heavy atom. The Kier molecular flexibility index (Phi) is 5.35. The summed E-state index contributed by atoms with van der Waals surface area (Å²) in [6.45, 7) is 0. The van der Waals surface area contributed by atoms with E-state index in [4.69, 9.17) is 46.4 Å². The van der Waals surface area contributed by atoms with Crippen molar-refractivity contribution < 1.29 is 0 Å². The number of rotatable bonds is 2. The maximum Gasteiger partial charge on any atom is 0.104 e. The van der Waals surface area contributed by atoms with Gasteiger partial charge in [0.1, 0.15) is 4.87 Å². The maximum absolute atomic E-state index is 7.92. The number of halogens is 4. The largest absolute Gasteiger partial charge is 0.112 e. The zero-order valence-corrected chi connectivity index (χ0v) is 21.1. The van der Waals surface area contributed by atoms with Crippen molar-refractivity contribution in [1.29, 1.82) is 0 Å². The second-order valence-corrected chi connectivity index (χ2v) is 10.9. The molecule has 0 nitrogen and oxygen atoms in total. The Labute approximate surface area is 219 Å². The van der Waals surface area contributed by atoms with Crippen molar-refractivity contribution in [2.24, 2.45) is 11.8 Å². The first-order valence-electron chi connectivity index (χ1n) is 11.2. The van der Waals surface area contributed by atoms with E-state index in [1.807, 2.05) is 72.8 Å². The van der Waals surface area contributed by atoms with E-state index < -0.39 is 15.7 Å². The van der Waals surface area contributed by atoms with Crippen LogP contribution in [0.3, 0.4) is 0 Å². The fourth-order valence-electron chi connectivity index (χ4n) is 5.84. The molecule has 4 atom stereocenters. The van der Waals surface area contributed by atoms with Crippen LogP contribution in [0, 0.1) is 11.8 Å². The van der Waals surface area contributed by atoms with Crippen LogP contribution < -0.4 is 0 Å². The molecule has 0 aliphatic heterocycles. The van der Waals surface area contributed by atoms with Gasteiger partial charge in [0.15, 0.2) is 0 Å². The van der Waals surface area contributed by atoms with E-state index in [1.165, 1.54) is 0 Å². The maximum atomic E-state index is 7.92. The SMILES string of the molecule is ClC1=C2C=CC=C[C@H]2[C@@](Cl)(c2ccccc2)[C@H]2C1=C(Cl)c1ccccc1[C@@]2(Cl)c1ccccc1. The van der Waals surface area contributed by atoms with Gasteiger partial charge in [0.25, 0.3) is 0 Å². The molecule has 0 aromatic heterocycles. The predicted molar refractivity (Wildman–Crippen MR) is 144 cm³/mol. The van der Waals surface area contributed by atoms with Crippen molar-refractivity contribution in [3.05, 3.63) is 148 Å². The first kappa shape index (κ1) is 22.3. The third-order valence-electron chi connectivity index (χ3n) is 7.28. The Morgan fingerprint density at radius 3 is 1.97 bits per heavy atom. The second kappa shape index (κ2) is 8.18. The summed E-state index contributed by atoms with van der Waals surface area (Å²) in [6, 6.07) is 28.4. The number of fused-ring (bicyclic) bond motifs is 3. The van der Waals surface area contributed by atoms with Crippen LogP contribution in [0.4, 0.5) is 0 Å². The van der Waals surface area contributed by atoms with E-state index in [0.29, 0.717) is 10.1 Å². The van der Waals surface area contributed by atoms with Crippen LogP contribution in [0.15, 0.2) is 125 Å². The van der Waals surface area contributed by atoms with E-state index in [1.54, 1.807) is 0 Å².